The Morgan fingerprint density at radius 2 is 2.04 bits per heavy atom. The fourth-order valence-electron chi connectivity index (χ4n) is 2.70. The highest BCUT2D eigenvalue weighted by Crippen LogP contribution is 2.27. The molecule has 0 spiro atoms. The van der Waals surface area contributed by atoms with Gasteiger partial charge in [-0.15, -0.1) is 11.3 Å². The number of carbonyl (C=O) groups is 1. The Hall–Kier alpha value is -2.44. The first-order valence-corrected chi connectivity index (χ1v) is 9.48. The van der Waals surface area contributed by atoms with Gasteiger partial charge in [-0.25, -0.2) is 4.68 Å². The maximum absolute atomic E-state index is 12.8. The van der Waals surface area contributed by atoms with E-state index in [1.54, 1.807) is 16.0 Å². The van der Waals surface area contributed by atoms with Crippen LogP contribution in [-0.2, 0) is 0 Å². The molecule has 2 aromatic heterocycles. The molecule has 0 saturated heterocycles. The van der Waals surface area contributed by atoms with E-state index in [0.29, 0.717) is 12.2 Å². The molecule has 136 valence electrons. The molecule has 6 heteroatoms. The van der Waals surface area contributed by atoms with Crippen molar-refractivity contribution >= 4 is 17.2 Å². The number of carbonyl (C=O) groups excluding carboxylic acids is 1. The van der Waals surface area contributed by atoms with Crippen LogP contribution < -0.4 is 5.32 Å². The van der Waals surface area contributed by atoms with E-state index in [0.717, 1.165) is 33.9 Å². The van der Waals surface area contributed by atoms with Crippen molar-refractivity contribution < 1.29 is 4.79 Å². The summed E-state index contributed by atoms with van der Waals surface area (Å²) in [5, 5.41) is 9.76. The number of hydrogen-bond donors (Lipinski definition) is 1. The van der Waals surface area contributed by atoms with Crippen LogP contribution >= 0.6 is 11.3 Å². The van der Waals surface area contributed by atoms with Gasteiger partial charge in [0.15, 0.2) is 0 Å². The van der Waals surface area contributed by atoms with Crippen LogP contribution in [-0.4, -0.2) is 47.8 Å². The van der Waals surface area contributed by atoms with Crippen LogP contribution in [0.25, 0.3) is 16.3 Å². The largest absolute Gasteiger partial charge is 0.349 e. The van der Waals surface area contributed by atoms with Crippen LogP contribution in [0.1, 0.15) is 21.6 Å². The van der Waals surface area contributed by atoms with Gasteiger partial charge >= 0.3 is 0 Å². The molecule has 3 aromatic rings. The van der Waals surface area contributed by atoms with Crippen LogP contribution in [0.3, 0.4) is 0 Å². The third-order valence-corrected chi connectivity index (χ3v) is 5.05. The molecule has 0 aliphatic rings. The number of hydrogen-bond acceptors (Lipinski definition) is 4. The second-order valence-corrected chi connectivity index (χ2v) is 7.60. The zero-order valence-corrected chi connectivity index (χ0v) is 16.4. The number of amides is 1. The molecule has 0 bridgehead atoms. The van der Waals surface area contributed by atoms with E-state index < -0.39 is 0 Å². The smallest absolute Gasteiger partial charge is 0.270 e. The standard InChI is InChI=1S/C20H24N4OS/c1-14-7-8-15(2)17(12-14)24-18(20(25)21-9-10-23(3)4)13-16(22-24)19-6-5-11-26-19/h5-8,11-13H,9-10H2,1-4H3,(H,21,25). The van der Waals surface area contributed by atoms with Crippen molar-refractivity contribution in [2.24, 2.45) is 0 Å². The van der Waals surface area contributed by atoms with E-state index in [1.807, 2.05) is 56.4 Å². The number of likely N-dealkylation sites (N-methyl/N-ethyl adjacent to an activating group) is 1. The van der Waals surface area contributed by atoms with Crippen molar-refractivity contribution in [2.75, 3.05) is 27.2 Å². The number of aryl methyl sites for hydroxylation is 2. The number of nitrogens with one attached hydrogen (secondary N) is 1. The highest BCUT2D eigenvalue weighted by atomic mass is 32.1. The molecule has 1 aromatic carbocycles. The topological polar surface area (TPSA) is 50.2 Å². The molecule has 1 N–H and O–H groups in total. The van der Waals surface area contributed by atoms with Gasteiger partial charge in [0.05, 0.1) is 10.6 Å². The molecule has 0 radical (unpaired) electrons. The third kappa shape index (κ3) is 4.03. The van der Waals surface area contributed by atoms with Gasteiger partial charge in [0.1, 0.15) is 11.4 Å². The molecule has 0 fully saturated rings. The van der Waals surface area contributed by atoms with E-state index in [-0.39, 0.29) is 5.91 Å². The van der Waals surface area contributed by atoms with Gasteiger partial charge in [0.2, 0.25) is 0 Å². The summed E-state index contributed by atoms with van der Waals surface area (Å²) in [5.74, 6) is -0.108. The molecule has 0 aliphatic carbocycles. The number of rotatable bonds is 6. The number of aromatic nitrogens is 2. The molecule has 0 atom stereocenters. The van der Waals surface area contributed by atoms with Gasteiger partial charge in [0.25, 0.3) is 5.91 Å². The Bertz CT molecular complexity index is 897. The maximum atomic E-state index is 12.8. The molecular weight excluding hydrogens is 344 g/mol. The van der Waals surface area contributed by atoms with Crippen LogP contribution in [0.5, 0.6) is 0 Å². The highest BCUT2D eigenvalue weighted by molar-refractivity contribution is 7.13. The average molecular weight is 369 g/mol. The van der Waals surface area contributed by atoms with Gasteiger partial charge in [-0.2, -0.15) is 5.10 Å². The highest BCUT2D eigenvalue weighted by Gasteiger charge is 2.19. The Morgan fingerprint density at radius 3 is 2.73 bits per heavy atom. The Labute approximate surface area is 158 Å². The summed E-state index contributed by atoms with van der Waals surface area (Å²) in [6.07, 6.45) is 0. The second kappa shape index (κ2) is 7.85. The number of benzene rings is 1. The van der Waals surface area contributed by atoms with E-state index in [9.17, 15) is 4.79 Å². The van der Waals surface area contributed by atoms with Crippen LogP contribution in [0.2, 0.25) is 0 Å². The summed E-state index contributed by atoms with van der Waals surface area (Å²) >= 11 is 1.62. The van der Waals surface area contributed by atoms with E-state index in [2.05, 4.69) is 23.5 Å². The van der Waals surface area contributed by atoms with Gasteiger partial charge < -0.3 is 10.2 Å². The monoisotopic (exact) mass is 368 g/mol. The first-order valence-electron chi connectivity index (χ1n) is 8.60. The molecule has 0 unspecified atom stereocenters. The van der Waals surface area contributed by atoms with Crippen molar-refractivity contribution in [2.45, 2.75) is 13.8 Å². The summed E-state index contributed by atoms with van der Waals surface area (Å²) in [5.41, 5.74) is 4.53. The minimum atomic E-state index is -0.108. The molecule has 2 heterocycles. The fraction of sp³-hybridized carbons (Fsp3) is 0.300. The summed E-state index contributed by atoms with van der Waals surface area (Å²) in [6.45, 7) is 5.47. The summed E-state index contributed by atoms with van der Waals surface area (Å²) < 4.78 is 1.77. The maximum Gasteiger partial charge on any atom is 0.270 e. The quantitative estimate of drug-likeness (QED) is 0.724. The van der Waals surface area contributed by atoms with Crippen molar-refractivity contribution in [3.05, 3.63) is 58.6 Å². The lowest BCUT2D eigenvalue weighted by Gasteiger charge is -2.13. The Morgan fingerprint density at radius 1 is 1.23 bits per heavy atom. The van der Waals surface area contributed by atoms with Gasteiger partial charge in [0, 0.05) is 13.1 Å². The minimum absolute atomic E-state index is 0.108. The van der Waals surface area contributed by atoms with E-state index in [4.69, 9.17) is 5.10 Å². The van der Waals surface area contributed by atoms with Crippen LogP contribution in [0, 0.1) is 13.8 Å². The zero-order valence-electron chi connectivity index (χ0n) is 15.6. The van der Waals surface area contributed by atoms with Crippen LogP contribution in [0.15, 0.2) is 41.8 Å². The van der Waals surface area contributed by atoms with Gasteiger partial charge in [-0.3, -0.25) is 4.79 Å². The molecule has 26 heavy (non-hydrogen) atoms. The molecule has 3 rings (SSSR count). The average Bonchev–Trinajstić information content (AvgIpc) is 3.25. The van der Waals surface area contributed by atoms with Crippen molar-refractivity contribution in [1.29, 1.82) is 0 Å². The first kappa shape index (κ1) is 18.4. The molecule has 5 nitrogen and oxygen atoms in total. The van der Waals surface area contributed by atoms with Gasteiger partial charge in [-0.1, -0.05) is 18.2 Å². The van der Waals surface area contributed by atoms with Gasteiger partial charge in [-0.05, 0) is 62.6 Å². The second-order valence-electron chi connectivity index (χ2n) is 6.65. The van der Waals surface area contributed by atoms with Crippen molar-refractivity contribution in [3.63, 3.8) is 0 Å². The van der Waals surface area contributed by atoms with E-state index in [1.165, 1.54) is 0 Å². The minimum Gasteiger partial charge on any atom is -0.349 e. The van der Waals surface area contributed by atoms with Crippen molar-refractivity contribution in [3.8, 4) is 16.3 Å². The lowest BCUT2D eigenvalue weighted by atomic mass is 10.1. The van der Waals surface area contributed by atoms with Crippen molar-refractivity contribution in [1.82, 2.24) is 20.0 Å². The third-order valence-electron chi connectivity index (χ3n) is 4.15. The number of nitrogens with zero attached hydrogens (tertiary/aromatic N) is 3. The molecule has 1 amide bonds. The van der Waals surface area contributed by atoms with E-state index >= 15 is 0 Å². The number of thiophene rings is 1. The Balaban J connectivity index is 2.01. The first-order chi connectivity index (χ1) is 12.5. The summed E-state index contributed by atoms with van der Waals surface area (Å²) in [6, 6.07) is 12.1. The lowest BCUT2D eigenvalue weighted by Crippen LogP contribution is -2.32. The Kier molecular flexibility index (Phi) is 5.54. The predicted octanol–water partition coefficient (Wildman–Crippen LogP) is 3.51. The normalized spacial score (nSPS) is 11.1. The zero-order chi connectivity index (χ0) is 18.7. The molecule has 0 aliphatic heterocycles. The summed E-state index contributed by atoms with van der Waals surface area (Å²) in [4.78, 5) is 15.9. The molecular formula is C20H24N4OS. The molecule has 0 saturated carbocycles. The van der Waals surface area contributed by atoms with Crippen LogP contribution in [0.4, 0.5) is 0 Å². The fourth-order valence-corrected chi connectivity index (χ4v) is 3.38. The lowest BCUT2D eigenvalue weighted by molar-refractivity contribution is 0.0943. The predicted molar refractivity (Wildman–Crippen MR) is 107 cm³/mol. The SMILES string of the molecule is Cc1ccc(C)c(-n2nc(-c3cccs3)cc2C(=O)NCCN(C)C)c1. The summed E-state index contributed by atoms with van der Waals surface area (Å²) in [7, 11) is 3.98.